The van der Waals surface area contributed by atoms with E-state index in [-0.39, 0.29) is 5.82 Å². The van der Waals surface area contributed by atoms with Crippen molar-refractivity contribution in [2.45, 2.75) is 45.6 Å². The summed E-state index contributed by atoms with van der Waals surface area (Å²) in [5.74, 6) is -0.204. The summed E-state index contributed by atoms with van der Waals surface area (Å²) in [7, 11) is 0. The quantitative estimate of drug-likeness (QED) is 0.813. The number of hydrogen-bond donors (Lipinski definition) is 1. The molecule has 1 fully saturated rings. The fourth-order valence-corrected chi connectivity index (χ4v) is 2.89. The third kappa shape index (κ3) is 3.44. The van der Waals surface area contributed by atoms with Crippen LogP contribution in [0.15, 0.2) is 22.7 Å². The molecule has 2 rings (SSSR count). The average molecular weight is 300 g/mol. The SMILES string of the molecule is CC1(C)CCCC(Nc2ccc(Br)c(F)c2)C1. The molecule has 0 bridgehead atoms. The van der Waals surface area contributed by atoms with Gasteiger partial charge in [0.2, 0.25) is 0 Å². The van der Waals surface area contributed by atoms with Crippen molar-refractivity contribution >= 4 is 21.6 Å². The number of nitrogens with one attached hydrogen (secondary N) is 1. The van der Waals surface area contributed by atoms with Crippen molar-refractivity contribution in [1.29, 1.82) is 0 Å². The number of benzene rings is 1. The van der Waals surface area contributed by atoms with E-state index in [0.29, 0.717) is 15.9 Å². The third-order valence-corrected chi connectivity index (χ3v) is 4.14. The summed E-state index contributed by atoms with van der Waals surface area (Å²) in [4.78, 5) is 0. The molecule has 17 heavy (non-hydrogen) atoms. The maximum atomic E-state index is 13.4. The molecule has 1 aliphatic rings. The van der Waals surface area contributed by atoms with Gasteiger partial charge in [-0.3, -0.25) is 0 Å². The van der Waals surface area contributed by atoms with E-state index in [1.165, 1.54) is 19.3 Å². The Morgan fingerprint density at radius 1 is 1.41 bits per heavy atom. The van der Waals surface area contributed by atoms with Crippen LogP contribution < -0.4 is 5.32 Å². The van der Waals surface area contributed by atoms with Gasteiger partial charge in [-0.1, -0.05) is 20.3 Å². The highest BCUT2D eigenvalue weighted by Gasteiger charge is 2.27. The predicted molar refractivity (Wildman–Crippen MR) is 73.8 cm³/mol. The first kappa shape index (κ1) is 12.9. The van der Waals surface area contributed by atoms with E-state index in [1.807, 2.05) is 6.07 Å². The highest BCUT2D eigenvalue weighted by atomic mass is 79.9. The summed E-state index contributed by atoms with van der Waals surface area (Å²) >= 11 is 3.17. The van der Waals surface area contributed by atoms with Gasteiger partial charge in [0.15, 0.2) is 0 Å². The number of hydrogen-bond acceptors (Lipinski definition) is 1. The van der Waals surface area contributed by atoms with Crippen molar-refractivity contribution in [2.24, 2.45) is 5.41 Å². The Bertz CT molecular complexity index is 403. The second-order valence-corrected chi connectivity index (χ2v) is 6.59. The van der Waals surface area contributed by atoms with Crippen LogP contribution in [0, 0.1) is 11.2 Å². The zero-order valence-corrected chi connectivity index (χ0v) is 12.0. The lowest BCUT2D eigenvalue weighted by Crippen LogP contribution is -2.31. The summed E-state index contributed by atoms with van der Waals surface area (Å²) in [5, 5.41) is 3.44. The zero-order valence-electron chi connectivity index (χ0n) is 10.4. The smallest absolute Gasteiger partial charge is 0.139 e. The minimum Gasteiger partial charge on any atom is -0.382 e. The van der Waals surface area contributed by atoms with Gasteiger partial charge in [-0.15, -0.1) is 0 Å². The standard InChI is InChI=1S/C14H19BrFN/c1-14(2)7-3-4-11(9-14)17-10-5-6-12(15)13(16)8-10/h5-6,8,11,17H,3-4,7,9H2,1-2H3. The lowest BCUT2D eigenvalue weighted by Gasteiger charge is -2.36. The molecule has 0 radical (unpaired) electrons. The van der Waals surface area contributed by atoms with Crippen molar-refractivity contribution in [3.63, 3.8) is 0 Å². The Labute approximate surface area is 111 Å². The van der Waals surface area contributed by atoms with Crippen molar-refractivity contribution in [3.05, 3.63) is 28.5 Å². The first-order valence-electron chi connectivity index (χ1n) is 6.18. The zero-order chi connectivity index (χ0) is 12.5. The van der Waals surface area contributed by atoms with Crippen LogP contribution >= 0.6 is 15.9 Å². The number of anilines is 1. The monoisotopic (exact) mass is 299 g/mol. The van der Waals surface area contributed by atoms with Gasteiger partial charge in [0, 0.05) is 11.7 Å². The van der Waals surface area contributed by atoms with E-state index < -0.39 is 0 Å². The lowest BCUT2D eigenvalue weighted by atomic mass is 9.75. The van der Waals surface area contributed by atoms with Gasteiger partial charge in [0.1, 0.15) is 5.82 Å². The Morgan fingerprint density at radius 2 is 2.18 bits per heavy atom. The van der Waals surface area contributed by atoms with Gasteiger partial charge in [-0.2, -0.15) is 0 Å². The van der Waals surface area contributed by atoms with E-state index in [2.05, 4.69) is 35.1 Å². The normalized spacial score (nSPS) is 23.4. The summed E-state index contributed by atoms with van der Waals surface area (Å²) in [6.07, 6.45) is 4.88. The highest BCUT2D eigenvalue weighted by molar-refractivity contribution is 9.10. The molecule has 1 aliphatic carbocycles. The molecule has 1 aromatic carbocycles. The molecule has 1 saturated carbocycles. The predicted octanol–water partition coefficient (Wildman–Crippen LogP) is 4.97. The molecule has 0 saturated heterocycles. The van der Waals surface area contributed by atoms with E-state index in [1.54, 1.807) is 12.1 Å². The largest absolute Gasteiger partial charge is 0.382 e. The van der Waals surface area contributed by atoms with Crippen LogP contribution in [-0.4, -0.2) is 6.04 Å². The molecule has 0 amide bonds. The molecule has 0 heterocycles. The van der Waals surface area contributed by atoms with Crippen LogP contribution in [0.5, 0.6) is 0 Å². The molecular weight excluding hydrogens is 281 g/mol. The average Bonchev–Trinajstić information content (AvgIpc) is 2.22. The van der Waals surface area contributed by atoms with Crippen LogP contribution in [-0.2, 0) is 0 Å². The molecule has 3 heteroatoms. The van der Waals surface area contributed by atoms with Crippen LogP contribution in [0.2, 0.25) is 0 Å². The first-order chi connectivity index (χ1) is 7.96. The summed E-state index contributed by atoms with van der Waals surface area (Å²) < 4.78 is 13.9. The molecule has 1 N–H and O–H groups in total. The molecule has 1 nitrogen and oxygen atoms in total. The fourth-order valence-electron chi connectivity index (χ4n) is 2.64. The van der Waals surface area contributed by atoms with Gasteiger partial charge < -0.3 is 5.32 Å². The minimum atomic E-state index is -0.204. The Kier molecular flexibility index (Phi) is 3.76. The second kappa shape index (κ2) is 4.97. The summed E-state index contributed by atoms with van der Waals surface area (Å²) in [6, 6.07) is 5.71. The van der Waals surface area contributed by atoms with Crippen LogP contribution in [0.4, 0.5) is 10.1 Å². The van der Waals surface area contributed by atoms with Crippen LogP contribution in [0.25, 0.3) is 0 Å². The lowest BCUT2D eigenvalue weighted by molar-refractivity contribution is 0.229. The molecule has 0 aromatic heterocycles. The van der Waals surface area contributed by atoms with Crippen molar-refractivity contribution in [2.75, 3.05) is 5.32 Å². The number of rotatable bonds is 2. The topological polar surface area (TPSA) is 12.0 Å². The Hall–Kier alpha value is -0.570. The third-order valence-electron chi connectivity index (χ3n) is 3.50. The van der Waals surface area contributed by atoms with Gasteiger partial charge in [-0.25, -0.2) is 4.39 Å². The minimum absolute atomic E-state index is 0.204. The van der Waals surface area contributed by atoms with Crippen molar-refractivity contribution in [1.82, 2.24) is 0 Å². The molecule has 94 valence electrons. The van der Waals surface area contributed by atoms with Gasteiger partial charge >= 0.3 is 0 Å². The van der Waals surface area contributed by atoms with E-state index >= 15 is 0 Å². The highest BCUT2D eigenvalue weighted by Crippen LogP contribution is 2.36. The molecule has 0 spiro atoms. The summed E-state index contributed by atoms with van der Waals surface area (Å²) in [5.41, 5.74) is 1.29. The van der Waals surface area contributed by atoms with Gasteiger partial charge in [0.05, 0.1) is 4.47 Å². The van der Waals surface area contributed by atoms with Gasteiger partial charge in [0.25, 0.3) is 0 Å². The molecule has 1 unspecified atom stereocenters. The molecular formula is C14H19BrFN. The van der Waals surface area contributed by atoms with Crippen molar-refractivity contribution < 1.29 is 4.39 Å². The van der Waals surface area contributed by atoms with Gasteiger partial charge in [-0.05, 0) is 58.8 Å². The molecule has 1 atom stereocenters. The fraction of sp³-hybridized carbons (Fsp3) is 0.571. The van der Waals surface area contributed by atoms with Crippen molar-refractivity contribution in [3.8, 4) is 0 Å². The van der Waals surface area contributed by atoms with E-state index in [9.17, 15) is 4.39 Å². The number of halogens is 2. The maximum absolute atomic E-state index is 13.4. The maximum Gasteiger partial charge on any atom is 0.139 e. The summed E-state index contributed by atoms with van der Waals surface area (Å²) in [6.45, 7) is 4.62. The second-order valence-electron chi connectivity index (χ2n) is 5.73. The van der Waals surface area contributed by atoms with Crippen LogP contribution in [0.3, 0.4) is 0 Å². The first-order valence-corrected chi connectivity index (χ1v) is 6.97. The van der Waals surface area contributed by atoms with E-state index in [4.69, 9.17) is 0 Å². The Balaban J connectivity index is 2.03. The molecule has 1 aromatic rings. The molecule has 0 aliphatic heterocycles. The van der Waals surface area contributed by atoms with Crippen LogP contribution in [0.1, 0.15) is 39.5 Å². The van der Waals surface area contributed by atoms with E-state index in [0.717, 1.165) is 12.1 Å². The Morgan fingerprint density at radius 3 is 2.82 bits per heavy atom.